The molecule has 1 atom stereocenters. The van der Waals surface area contributed by atoms with E-state index < -0.39 is 11.9 Å². The lowest BCUT2D eigenvalue weighted by molar-refractivity contribution is -0.140. The highest BCUT2D eigenvalue weighted by Crippen LogP contribution is 2.11. The van der Waals surface area contributed by atoms with Gasteiger partial charge in [-0.3, -0.25) is 4.79 Å². The van der Waals surface area contributed by atoms with Crippen molar-refractivity contribution in [3.8, 4) is 0 Å². The number of nitrogens with one attached hydrogen (secondary N) is 1. The summed E-state index contributed by atoms with van der Waals surface area (Å²) < 4.78 is 0. The van der Waals surface area contributed by atoms with Crippen molar-refractivity contribution in [3.05, 3.63) is 11.8 Å². The average molecular weight is 156 g/mol. The van der Waals surface area contributed by atoms with Crippen LogP contribution in [0.25, 0.3) is 0 Å². The summed E-state index contributed by atoms with van der Waals surface area (Å²) in [5.74, 6) is -1.22. The SMILES string of the molecule is CC(C(=O)O)C1=CCN(C)N1. The van der Waals surface area contributed by atoms with E-state index in [9.17, 15) is 4.79 Å². The minimum atomic E-state index is -0.793. The Balaban J connectivity index is 2.56. The predicted octanol–water partition coefficient (Wildman–Crippen LogP) is 0.0410. The molecule has 4 heteroatoms. The Labute approximate surface area is 65.5 Å². The van der Waals surface area contributed by atoms with Crippen LogP contribution in [0.4, 0.5) is 0 Å². The van der Waals surface area contributed by atoms with E-state index in [-0.39, 0.29) is 0 Å². The van der Waals surface area contributed by atoms with E-state index in [2.05, 4.69) is 5.43 Å². The molecule has 0 fully saturated rings. The van der Waals surface area contributed by atoms with Crippen molar-refractivity contribution >= 4 is 5.97 Å². The number of carboxylic acid groups (broad SMARTS) is 1. The second-order valence-corrected chi connectivity index (χ2v) is 2.71. The zero-order valence-electron chi connectivity index (χ0n) is 6.66. The highest BCUT2D eigenvalue weighted by atomic mass is 16.4. The Bertz CT molecular complexity index is 201. The van der Waals surface area contributed by atoms with Gasteiger partial charge in [-0.05, 0) is 13.0 Å². The molecule has 0 aromatic carbocycles. The van der Waals surface area contributed by atoms with Gasteiger partial charge in [-0.25, -0.2) is 5.01 Å². The fourth-order valence-electron chi connectivity index (χ4n) is 0.954. The van der Waals surface area contributed by atoms with E-state index in [0.29, 0.717) is 0 Å². The van der Waals surface area contributed by atoms with Crippen LogP contribution in [0, 0.1) is 5.92 Å². The van der Waals surface area contributed by atoms with Gasteiger partial charge in [-0.1, -0.05) is 0 Å². The molecule has 0 spiro atoms. The number of carboxylic acids is 1. The number of likely N-dealkylation sites (N-methyl/N-ethyl adjacent to an activating group) is 1. The molecular weight excluding hydrogens is 144 g/mol. The molecule has 1 aliphatic heterocycles. The predicted molar refractivity (Wildman–Crippen MR) is 40.6 cm³/mol. The largest absolute Gasteiger partial charge is 0.481 e. The molecule has 0 bridgehead atoms. The molecule has 0 saturated heterocycles. The van der Waals surface area contributed by atoms with Crippen LogP contribution in [0.1, 0.15) is 6.92 Å². The lowest BCUT2D eigenvalue weighted by Gasteiger charge is -2.13. The molecule has 0 saturated carbocycles. The fourth-order valence-corrected chi connectivity index (χ4v) is 0.954. The highest BCUT2D eigenvalue weighted by molar-refractivity contribution is 5.72. The van der Waals surface area contributed by atoms with E-state index in [1.165, 1.54) is 0 Å². The lowest BCUT2D eigenvalue weighted by Crippen LogP contribution is -2.31. The van der Waals surface area contributed by atoms with Gasteiger partial charge in [-0.15, -0.1) is 0 Å². The molecule has 62 valence electrons. The topological polar surface area (TPSA) is 52.6 Å². The highest BCUT2D eigenvalue weighted by Gasteiger charge is 2.20. The van der Waals surface area contributed by atoms with Crippen LogP contribution in [0.5, 0.6) is 0 Å². The summed E-state index contributed by atoms with van der Waals surface area (Å²) in [5, 5.41) is 10.5. The summed E-state index contributed by atoms with van der Waals surface area (Å²) in [4.78, 5) is 10.5. The number of hydrazine groups is 1. The maximum Gasteiger partial charge on any atom is 0.312 e. The molecule has 0 radical (unpaired) electrons. The van der Waals surface area contributed by atoms with Crippen LogP contribution in [-0.2, 0) is 4.79 Å². The smallest absolute Gasteiger partial charge is 0.312 e. The zero-order chi connectivity index (χ0) is 8.43. The van der Waals surface area contributed by atoms with Gasteiger partial charge in [0.15, 0.2) is 0 Å². The number of aliphatic carboxylic acids is 1. The van der Waals surface area contributed by atoms with Crippen LogP contribution in [-0.4, -0.2) is 29.7 Å². The normalized spacial score (nSPS) is 20.7. The van der Waals surface area contributed by atoms with E-state index in [0.717, 1.165) is 12.2 Å². The van der Waals surface area contributed by atoms with Gasteiger partial charge in [0.2, 0.25) is 0 Å². The number of hydrogen-bond acceptors (Lipinski definition) is 3. The molecule has 1 unspecified atom stereocenters. The monoisotopic (exact) mass is 156 g/mol. The van der Waals surface area contributed by atoms with Crippen LogP contribution < -0.4 is 5.43 Å². The first kappa shape index (κ1) is 8.07. The summed E-state index contributed by atoms with van der Waals surface area (Å²) in [6.07, 6.45) is 1.89. The first-order valence-corrected chi connectivity index (χ1v) is 3.52. The lowest BCUT2D eigenvalue weighted by atomic mass is 10.1. The van der Waals surface area contributed by atoms with Crippen molar-refractivity contribution in [2.45, 2.75) is 6.92 Å². The van der Waals surface area contributed by atoms with Gasteiger partial charge in [0.1, 0.15) is 0 Å². The van der Waals surface area contributed by atoms with Crippen LogP contribution in [0.3, 0.4) is 0 Å². The average Bonchev–Trinajstić information content (AvgIpc) is 2.34. The van der Waals surface area contributed by atoms with Crippen molar-refractivity contribution in [2.24, 2.45) is 5.92 Å². The van der Waals surface area contributed by atoms with Crippen LogP contribution >= 0.6 is 0 Å². The quantitative estimate of drug-likeness (QED) is 0.592. The standard InChI is InChI=1S/C7H12N2O2/c1-5(7(10)11)6-3-4-9(2)8-6/h3,5,8H,4H2,1-2H3,(H,10,11). The first-order chi connectivity index (χ1) is 5.11. The molecular formula is C7H12N2O2. The van der Waals surface area contributed by atoms with E-state index in [1.54, 1.807) is 6.92 Å². The maximum atomic E-state index is 10.5. The fraction of sp³-hybridized carbons (Fsp3) is 0.571. The molecule has 1 heterocycles. The van der Waals surface area contributed by atoms with Crippen molar-refractivity contribution in [3.63, 3.8) is 0 Å². The van der Waals surface area contributed by atoms with E-state index in [4.69, 9.17) is 5.11 Å². The Morgan fingerprint density at radius 3 is 2.91 bits per heavy atom. The Hall–Kier alpha value is -1.03. The van der Waals surface area contributed by atoms with Gasteiger partial charge >= 0.3 is 5.97 Å². The third kappa shape index (κ3) is 1.71. The molecule has 1 rings (SSSR count). The third-order valence-electron chi connectivity index (χ3n) is 1.74. The summed E-state index contributed by atoms with van der Waals surface area (Å²) in [5.41, 5.74) is 3.73. The van der Waals surface area contributed by atoms with Crippen molar-refractivity contribution in [1.29, 1.82) is 0 Å². The summed E-state index contributed by atoms with van der Waals surface area (Å²) in [6, 6.07) is 0. The molecule has 0 amide bonds. The van der Waals surface area contributed by atoms with E-state index in [1.807, 2.05) is 18.1 Å². The van der Waals surface area contributed by atoms with Crippen molar-refractivity contribution < 1.29 is 9.90 Å². The van der Waals surface area contributed by atoms with E-state index >= 15 is 0 Å². The Morgan fingerprint density at radius 2 is 2.55 bits per heavy atom. The summed E-state index contributed by atoms with van der Waals surface area (Å²) in [7, 11) is 1.87. The minimum absolute atomic E-state index is 0.431. The van der Waals surface area contributed by atoms with Gasteiger partial charge in [0, 0.05) is 19.3 Å². The van der Waals surface area contributed by atoms with Crippen molar-refractivity contribution in [2.75, 3.05) is 13.6 Å². The van der Waals surface area contributed by atoms with Crippen LogP contribution in [0.2, 0.25) is 0 Å². The number of rotatable bonds is 2. The van der Waals surface area contributed by atoms with Gasteiger partial charge in [0.25, 0.3) is 0 Å². The molecule has 4 nitrogen and oxygen atoms in total. The number of nitrogens with zero attached hydrogens (tertiary/aromatic N) is 1. The zero-order valence-corrected chi connectivity index (χ0v) is 6.66. The maximum absolute atomic E-state index is 10.5. The third-order valence-corrected chi connectivity index (χ3v) is 1.74. The summed E-state index contributed by atoms with van der Waals surface area (Å²) in [6.45, 7) is 2.44. The second-order valence-electron chi connectivity index (χ2n) is 2.71. The van der Waals surface area contributed by atoms with Crippen LogP contribution in [0.15, 0.2) is 11.8 Å². The van der Waals surface area contributed by atoms with Gasteiger partial charge in [-0.2, -0.15) is 0 Å². The molecule has 2 N–H and O–H groups in total. The summed E-state index contributed by atoms with van der Waals surface area (Å²) >= 11 is 0. The van der Waals surface area contributed by atoms with Gasteiger partial charge < -0.3 is 10.5 Å². The molecule has 0 aromatic heterocycles. The molecule has 1 aliphatic rings. The number of carbonyl (C=O) groups is 1. The minimum Gasteiger partial charge on any atom is -0.481 e. The molecule has 0 aliphatic carbocycles. The molecule has 0 aromatic rings. The Morgan fingerprint density at radius 1 is 1.91 bits per heavy atom. The van der Waals surface area contributed by atoms with Crippen molar-refractivity contribution in [1.82, 2.24) is 10.4 Å². The number of hydrogen-bond donors (Lipinski definition) is 2. The van der Waals surface area contributed by atoms with Gasteiger partial charge in [0.05, 0.1) is 5.92 Å². The Kier molecular flexibility index (Phi) is 2.14. The first-order valence-electron chi connectivity index (χ1n) is 3.52. The molecule has 11 heavy (non-hydrogen) atoms. The second kappa shape index (κ2) is 2.92.